The van der Waals surface area contributed by atoms with E-state index in [2.05, 4.69) is 11.6 Å². The van der Waals surface area contributed by atoms with Crippen molar-refractivity contribution in [3.8, 4) is 22.8 Å². The first-order valence-corrected chi connectivity index (χ1v) is 10.8. The molecule has 0 bridgehead atoms. The summed E-state index contributed by atoms with van der Waals surface area (Å²) < 4.78 is 11.5. The van der Waals surface area contributed by atoms with Crippen molar-refractivity contribution in [1.29, 1.82) is 5.41 Å². The lowest BCUT2D eigenvalue weighted by molar-refractivity contribution is 0.234. The number of nitrogens with one attached hydrogen (secondary N) is 2. The van der Waals surface area contributed by atoms with Crippen molar-refractivity contribution in [2.45, 2.75) is 19.3 Å². The fourth-order valence-corrected chi connectivity index (χ4v) is 3.65. The normalized spacial score (nSPS) is 10.5. The number of amidine groups is 1. The van der Waals surface area contributed by atoms with E-state index >= 15 is 0 Å². The van der Waals surface area contributed by atoms with Crippen molar-refractivity contribution in [1.82, 2.24) is 10.5 Å². The summed E-state index contributed by atoms with van der Waals surface area (Å²) in [5.41, 5.74) is 10.1. The molecule has 2 aromatic carbocycles. The molecule has 5 N–H and O–H groups in total. The zero-order valence-corrected chi connectivity index (χ0v) is 18.0. The Labute approximate surface area is 185 Å². The fraction of sp³-hybridized carbons (Fsp3) is 0.217. The molecule has 0 aliphatic carbocycles. The predicted molar refractivity (Wildman–Crippen MR) is 125 cm³/mol. The van der Waals surface area contributed by atoms with Crippen LogP contribution in [-0.4, -0.2) is 29.2 Å². The number of benzene rings is 2. The topological polar surface area (TPSA) is 113 Å². The molecule has 0 aliphatic rings. The van der Waals surface area contributed by atoms with Crippen LogP contribution in [-0.2, 0) is 0 Å². The van der Waals surface area contributed by atoms with Gasteiger partial charge < -0.3 is 15.2 Å². The lowest BCUT2D eigenvalue weighted by Crippen LogP contribution is -2.18. The van der Waals surface area contributed by atoms with Crippen molar-refractivity contribution in [3.63, 3.8) is 0 Å². The Balaban J connectivity index is 1.34. The molecule has 0 saturated carbocycles. The molecule has 8 heteroatoms. The number of nitrogens with zero attached hydrogens (tertiary/aromatic N) is 1. The van der Waals surface area contributed by atoms with Gasteiger partial charge in [0.15, 0.2) is 5.13 Å². The molecule has 0 radical (unpaired) electrons. The number of hydrogen-bond donors (Lipinski definition) is 4. The van der Waals surface area contributed by atoms with Crippen molar-refractivity contribution in [2.75, 3.05) is 18.9 Å². The minimum atomic E-state index is -0.0458. The number of aromatic nitrogens is 1. The molecular weight excluding hydrogens is 412 g/mol. The van der Waals surface area contributed by atoms with Crippen LogP contribution in [0.2, 0.25) is 0 Å². The lowest BCUT2D eigenvalue weighted by Gasteiger charge is -2.09. The van der Waals surface area contributed by atoms with E-state index in [-0.39, 0.29) is 5.84 Å². The van der Waals surface area contributed by atoms with Crippen molar-refractivity contribution in [3.05, 3.63) is 65.6 Å². The molecule has 3 aromatic rings. The van der Waals surface area contributed by atoms with Gasteiger partial charge in [0.2, 0.25) is 0 Å². The maximum Gasteiger partial charge on any atom is 0.181 e. The third kappa shape index (κ3) is 6.31. The number of anilines is 1. The molecule has 0 unspecified atom stereocenters. The first-order chi connectivity index (χ1) is 15.1. The summed E-state index contributed by atoms with van der Waals surface area (Å²) in [6.45, 7) is 5.07. The Hall–Kier alpha value is -3.36. The second-order valence-electron chi connectivity index (χ2n) is 6.76. The van der Waals surface area contributed by atoms with E-state index in [9.17, 15) is 0 Å². The molecule has 0 saturated heterocycles. The van der Waals surface area contributed by atoms with Gasteiger partial charge in [-0.3, -0.25) is 16.1 Å². The molecule has 162 valence electrons. The van der Waals surface area contributed by atoms with Gasteiger partial charge in [-0.2, -0.15) is 0 Å². The summed E-state index contributed by atoms with van der Waals surface area (Å²) in [6.07, 6.45) is 4.63. The highest BCUT2D eigenvalue weighted by Gasteiger charge is 2.09. The Morgan fingerprint density at radius 2 is 1.61 bits per heavy atom. The number of thiazole rings is 1. The van der Waals surface area contributed by atoms with Crippen LogP contribution >= 0.6 is 11.3 Å². The van der Waals surface area contributed by atoms with Gasteiger partial charge in [-0.15, -0.1) is 0 Å². The number of ether oxygens (including phenoxy) is 2. The minimum absolute atomic E-state index is 0.0458. The highest BCUT2D eigenvalue weighted by atomic mass is 32.1. The number of hydrogen-bond acceptors (Lipinski definition) is 7. The third-order valence-electron chi connectivity index (χ3n) is 4.56. The zero-order chi connectivity index (χ0) is 22.1. The van der Waals surface area contributed by atoms with Gasteiger partial charge in [0, 0.05) is 11.1 Å². The summed E-state index contributed by atoms with van der Waals surface area (Å²) in [5.74, 6) is 1.52. The first kappa shape index (κ1) is 22.3. The molecule has 0 amide bonds. The number of nitrogens with two attached hydrogens (primary N) is 1. The van der Waals surface area contributed by atoms with Crippen LogP contribution in [0.3, 0.4) is 0 Å². The van der Waals surface area contributed by atoms with E-state index in [0.717, 1.165) is 46.9 Å². The van der Waals surface area contributed by atoms with Crippen LogP contribution in [0.15, 0.2) is 55.1 Å². The molecule has 0 spiro atoms. The largest absolute Gasteiger partial charge is 0.494 e. The number of nitrogen functional groups attached to an aromatic ring is 1. The van der Waals surface area contributed by atoms with E-state index in [0.29, 0.717) is 23.9 Å². The summed E-state index contributed by atoms with van der Waals surface area (Å²) in [6, 6.07) is 14.9. The standard InChI is InChI=1S/C23H26N4O3S/c1-2-20-21(26-23(25)31-20)16-6-10-18(11-7-16)29-14-4-3-5-15-30-19-12-8-17(9-13-19)22(24)27-28/h2,6-13,28H,1,3-5,14-15H2,(H2,24,27)(H2,25,26). The quantitative estimate of drug-likeness (QED) is 0.145. The maximum absolute atomic E-state index is 8.73. The summed E-state index contributed by atoms with van der Waals surface area (Å²) in [7, 11) is 0. The average molecular weight is 439 g/mol. The van der Waals surface area contributed by atoms with Gasteiger partial charge in [-0.25, -0.2) is 4.98 Å². The molecule has 7 nitrogen and oxygen atoms in total. The molecule has 1 heterocycles. The van der Waals surface area contributed by atoms with Gasteiger partial charge in [0.25, 0.3) is 0 Å². The second kappa shape index (κ2) is 11.1. The second-order valence-corrected chi connectivity index (χ2v) is 7.82. The summed E-state index contributed by atoms with van der Waals surface area (Å²) in [4.78, 5) is 5.34. The number of unbranched alkanes of at least 4 members (excludes halogenated alkanes) is 2. The zero-order valence-electron chi connectivity index (χ0n) is 17.1. The van der Waals surface area contributed by atoms with E-state index < -0.39 is 0 Å². The maximum atomic E-state index is 8.73. The van der Waals surface area contributed by atoms with Gasteiger partial charge in [0.1, 0.15) is 17.3 Å². The molecule has 31 heavy (non-hydrogen) atoms. The minimum Gasteiger partial charge on any atom is -0.494 e. The average Bonchev–Trinajstić information content (AvgIpc) is 3.19. The van der Waals surface area contributed by atoms with Crippen LogP contribution in [0.1, 0.15) is 29.7 Å². The predicted octanol–water partition coefficient (Wildman–Crippen LogP) is 4.97. The van der Waals surface area contributed by atoms with E-state index in [1.165, 1.54) is 11.3 Å². The first-order valence-electron chi connectivity index (χ1n) is 9.94. The monoisotopic (exact) mass is 438 g/mol. The highest BCUT2D eigenvalue weighted by molar-refractivity contribution is 7.16. The Morgan fingerprint density at radius 3 is 2.16 bits per heavy atom. The number of rotatable bonds is 11. The smallest absolute Gasteiger partial charge is 0.181 e. The molecule has 3 rings (SSSR count). The van der Waals surface area contributed by atoms with Crippen LogP contribution in [0.25, 0.3) is 17.3 Å². The highest BCUT2D eigenvalue weighted by Crippen LogP contribution is 2.31. The van der Waals surface area contributed by atoms with E-state index in [4.69, 9.17) is 25.8 Å². The third-order valence-corrected chi connectivity index (χ3v) is 5.44. The molecule has 0 atom stereocenters. The van der Waals surface area contributed by atoms with Crippen LogP contribution in [0.5, 0.6) is 11.5 Å². The van der Waals surface area contributed by atoms with Gasteiger partial charge in [-0.1, -0.05) is 17.9 Å². The van der Waals surface area contributed by atoms with Gasteiger partial charge in [-0.05, 0) is 73.9 Å². The van der Waals surface area contributed by atoms with Gasteiger partial charge in [0.05, 0.1) is 23.8 Å². The lowest BCUT2D eigenvalue weighted by atomic mass is 10.1. The van der Waals surface area contributed by atoms with Crippen molar-refractivity contribution < 1.29 is 14.7 Å². The van der Waals surface area contributed by atoms with E-state index in [1.54, 1.807) is 30.3 Å². The molecular formula is C23H26N4O3S. The molecule has 0 fully saturated rings. The number of hydroxylamine groups is 1. The molecule has 0 aliphatic heterocycles. The Morgan fingerprint density at radius 1 is 1.03 bits per heavy atom. The van der Waals surface area contributed by atoms with Crippen LogP contribution < -0.4 is 20.7 Å². The van der Waals surface area contributed by atoms with Crippen molar-refractivity contribution >= 4 is 28.4 Å². The Kier molecular flexibility index (Phi) is 8.03. The van der Waals surface area contributed by atoms with E-state index in [1.807, 2.05) is 29.7 Å². The van der Waals surface area contributed by atoms with Crippen molar-refractivity contribution in [2.24, 2.45) is 0 Å². The summed E-state index contributed by atoms with van der Waals surface area (Å²) in [5, 5.41) is 16.7. The SMILES string of the molecule is C=Cc1sc(N)nc1-c1ccc(OCCCCCOc2ccc(C(=N)NO)cc2)cc1. The van der Waals surface area contributed by atoms with Crippen LogP contribution in [0.4, 0.5) is 5.13 Å². The van der Waals surface area contributed by atoms with Gasteiger partial charge >= 0.3 is 0 Å². The summed E-state index contributed by atoms with van der Waals surface area (Å²) >= 11 is 1.42. The fourth-order valence-electron chi connectivity index (χ4n) is 2.95. The van der Waals surface area contributed by atoms with Crippen LogP contribution in [0, 0.1) is 5.41 Å². The Bertz CT molecular complexity index is 1000. The molecule has 1 aromatic heterocycles.